The zero-order chi connectivity index (χ0) is 16.4. The zero-order valence-corrected chi connectivity index (χ0v) is 12.8. The van der Waals surface area contributed by atoms with Gasteiger partial charge in [0.25, 0.3) is 0 Å². The molecule has 23 heavy (non-hydrogen) atoms. The van der Waals surface area contributed by atoms with Gasteiger partial charge in [-0.3, -0.25) is 10.1 Å². The van der Waals surface area contributed by atoms with Crippen molar-refractivity contribution < 1.29 is 9.55 Å². The molecule has 1 heterocycles. The summed E-state index contributed by atoms with van der Waals surface area (Å²) in [5.41, 5.74) is 1.76. The van der Waals surface area contributed by atoms with Crippen molar-refractivity contribution in [1.82, 2.24) is 10.3 Å². The zero-order valence-electron chi connectivity index (χ0n) is 12.0. The van der Waals surface area contributed by atoms with Gasteiger partial charge in [0, 0.05) is 17.3 Å². The fourth-order valence-electron chi connectivity index (χ4n) is 2.22. The lowest BCUT2D eigenvalue weighted by atomic mass is 10.2. The highest BCUT2D eigenvalue weighted by molar-refractivity contribution is 6.30. The van der Waals surface area contributed by atoms with Crippen molar-refractivity contribution in [3.05, 3.63) is 45.5 Å². The molecule has 0 fully saturated rings. The summed E-state index contributed by atoms with van der Waals surface area (Å²) >= 11 is 5.85. The molecule has 0 atom stereocenters. The summed E-state index contributed by atoms with van der Waals surface area (Å²) in [6.45, 7) is 2.53. The van der Waals surface area contributed by atoms with Gasteiger partial charge in [0.05, 0.1) is 10.6 Å². The minimum absolute atomic E-state index is 0.0879. The van der Waals surface area contributed by atoms with Crippen LogP contribution in [0.25, 0.3) is 11.0 Å². The third kappa shape index (κ3) is 2.88. The Morgan fingerprint density at radius 2 is 1.91 bits per heavy atom. The Morgan fingerprint density at radius 3 is 2.57 bits per heavy atom. The summed E-state index contributed by atoms with van der Waals surface area (Å²) in [5, 5.41) is 25.6. The van der Waals surface area contributed by atoms with Crippen LogP contribution in [0.2, 0.25) is 5.02 Å². The van der Waals surface area contributed by atoms with Crippen molar-refractivity contribution in [1.29, 1.82) is 0 Å². The van der Waals surface area contributed by atoms with Gasteiger partial charge in [0.1, 0.15) is 5.69 Å². The van der Waals surface area contributed by atoms with Crippen molar-refractivity contribution in [3.8, 4) is 0 Å². The van der Waals surface area contributed by atoms with Gasteiger partial charge in [-0.25, -0.2) is 4.63 Å². The second kappa shape index (κ2) is 6.09. The number of hydrogen-bond acceptors (Lipinski definition) is 7. The summed E-state index contributed by atoms with van der Waals surface area (Å²) in [4.78, 5) is 10.9. The third-order valence-corrected chi connectivity index (χ3v) is 3.44. The van der Waals surface area contributed by atoms with Gasteiger partial charge in [0.15, 0.2) is 5.52 Å². The summed E-state index contributed by atoms with van der Waals surface area (Å²) in [5.74, 6) is 0. The van der Waals surface area contributed by atoms with Gasteiger partial charge in [-0.05, 0) is 47.6 Å². The van der Waals surface area contributed by atoms with E-state index in [4.69, 9.17) is 11.6 Å². The van der Waals surface area contributed by atoms with E-state index in [1.165, 1.54) is 0 Å². The molecule has 0 radical (unpaired) electrons. The van der Waals surface area contributed by atoms with Crippen LogP contribution in [0, 0.1) is 10.1 Å². The number of benzene rings is 2. The van der Waals surface area contributed by atoms with Gasteiger partial charge in [-0.2, -0.15) is 0 Å². The molecule has 0 bridgehead atoms. The molecule has 0 aliphatic heterocycles. The molecule has 118 valence electrons. The highest BCUT2D eigenvalue weighted by atomic mass is 35.5. The van der Waals surface area contributed by atoms with Crippen LogP contribution in [0.4, 0.5) is 22.7 Å². The quantitative estimate of drug-likeness (QED) is 0.537. The molecular weight excluding hydrogens is 322 g/mol. The molecular formula is C14H12ClN5O3. The first kappa shape index (κ1) is 15.0. The monoisotopic (exact) mass is 333 g/mol. The standard InChI is InChI=1S/C14H12ClN5O3/c1-2-16-10-7-11(17-9-5-3-8(15)4-6-9)14(20(21)22)13-12(10)18-23-19-13/h3-7,16-17H,2H2,1H3. The number of rotatable bonds is 5. The molecule has 0 aliphatic carbocycles. The Morgan fingerprint density at radius 1 is 1.22 bits per heavy atom. The lowest BCUT2D eigenvalue weighted by Crippen LogP contribution is -2.03. The van der Waals surface area contributed by atoms with Crippen LogP contribution < -0.4 is 10.6 Å². The molecule has 0 saturated heterocycles. The summed E-state index contributed by atoms with van der Waals surface area (Å²) < 4.78 is 4.67. The van der Waals surface area contributed by atoms with Crippen LogP contribution in [0.15, 0.2) is 35.0 Å². The van der Waals surface area contributed by atoms with E-state index in [1.54, 1.807) is 30.3 Å². The van der Waals surface area contributed by atoms with E-state index >= 15 is 0 Å². The van der Waals surface area contributed by atoms with Crippen LogP contribution in [0.1, 0.15) is 6.92 Å². The molecule has 0 unspecified atom stereocenters. The van der Waals surface area contributed by atoms with Crippen molar-refractivity contribution in [2.24, 2.45) is 0 Å². The van der Waals surface area contributed by atoms with Crippen LogP contribution in [-0.2, 0) is 0 Å². The number of nitro benzene ring substituents is 1. The predicted molar refractivity (Wildman–Crippen MR) is 87.4 cm³/mol. The molecule has 3 rings (SSSR count). The molecule has 2 N–H and O–H groups in total. The lowest BCUT2D eigenvalue weighted by Gasteiger charge is -2.10. The molecule has 0 saturated carbocycles. The average Bonchev–Trinajstić information content (AvgIpc) is 2.99. The minimum atomic E-state index is -0.513. The summed E-state index contributed by atoms with van der Waals surface area (Å²) in [6.07, 6.45) is 0. The second-order valence-corrected chi connectivity index (χ2v) is 5.14. The fraction of sp³-hybridized carbons (Fsp3) is 0.143. The highest BCUT2D eigenvalue weighted by Crippen LogP contribution is 2.38. The van der Waals surface area contributed by atoms with E-state index < -0.39 is 4.92 Å². The SMILES string of the molecule is CCNc1cc(Nc2ccc(Cl)cc2)c([N+](=O)[O-])c2nonc12. The van der Waals surface area contributed by atoms with Crippen molar-refractivity contribution in [2.75, 3.05) is 17.2 Å². The van der Waals surface area contributed by atoms with Crippen molar-refractivity contribution >= 4 is 45.4 Å². The molecule has 0 amide bonds. The highest BCUT2D eigenvalue weighted by Gasteiger charge is 2.25. The number of fused-ring (bicyclic) bond motifs is 1. The lowest BCUT2D eigenvalue weighted by molar-refractivity contribution is -0.382. The maximum Gasteiger partial charge on any atom is 0.324 e. The molecule has 0 aliphatic rings. The van der Waals surface area contributed by atoms with E-state index in [1.807, 2.05) is 6.92 Å². The van der Waals surface area contributed by atoms with Gasteiger partial charge in [-0.1, -0.05) is 11.6 Å². The molecule has 2 aromatic carbocycles. The van der Waals surface area contributed by atoms with Crippen LogP contribution >= 0.6 is 11.6 Å². The Bertz CT molecular complexity index is 863. The van der Waals surface area contributed by atoms with E-state index in [-0.39, 0.29) is 16.9 Å². The van der Waals surface area contributed by atoms with Gasteiger partial charge < -0.3 is 10.6 Å². The number of nitrogens with one attached hydrogen (secondary N) is 2. The normalized spacial score (nSPS) is 10.7. The van der Waals surface area contributed by atoms with E-state index in [0.29, 0.717) is 28.5 Å². The van der Waals surface area contributed by atoms with Gasteiger partial charge >= 0.3 is 5.69 Å². The van der Waals surface area contributed by atoms with Crippen molar-refractivity contribution in [3.63, 3.8) is 0 Å². The van der Waals surface area contributed by atoms with E-state index in [2.05, 4.69) is 25.6 Å². The Labute approximate surface area is 135 Å². The van der Waals surface area contributed by atoms with E-state index in [9.17, 15) is 10.1 Å². The molecule has 1 aromatic heterocycles. The molecule has 3 aromatic rings. The summed E-state index contributed by atoms with van der Waals surface area (Å²) in [7, 11) is 0. The number of nitro groups is 1. The molecule has 0 spiro atoms. The Hall–Kier alpha value is -2.87. The Balaban J connectivity index is 2.15. The first-order valence-corrected chi connectivity index (χ1v) is 7.18. The Kier molecular flexibility index (Phi) is 3.98. The number of nitrogens with zero attached hydrogens (tertiary/aromatic N) is 3. The number of halogens is 1. The molecule has 9 heteroatoms. The van der Waals surface area contributed by atoms with Crippen LogP contribution in [0.3, 0.4) is 0 Å². The smallest absolute Gasteiger partial charge is 0.324 e. The fourth-order valence-corrected chi connectivity index (χ4v) is 2.35. The maximum absolute atomic E-state index is 11.5. The van der Waals surface area contributed by atoms with Crippen LogP contribution in [-0.4, -0.2) is 21.8 Å². The van der Waals surface area contributed by atoms with Crippen LogP contribution in [0.5, 0.6) is 0 Å². The summed E-state index contributed by atoms with van der Waals surface area (Å²) in [6, 6.07) is 8.45. The number of aromatic nitrogens is 2. The number of hydrogen-bond donors (Lipinski definition) is 2. The topological polar surface area (TPSA) is 106 Å². The average molecular weight is 334 g/mol. The van der Waals surface area contributed by atoms with Gasteiger partial charge in [-0.15, -0.1) is 0 Å². The first-order valence-electron chi connectivity index (χ1n) is 6.80. The van der Waals surface area contributed by atoms with Gasteiger partial charge in [0.2, 0.25) is 5.52 Å². The third-order valence-electron chi connectivity index (χ3n) is 3.18. The first-order chi connectivity index (χ1) is 11.1. The minimum Gasteiger partial charge on any atom is -0.383 e. The van der Waals surface area contributed by atoms with Crippen molar-refractivity contribution in [2.45, 2.75) is 6.92 Å². The molecule has 8 nitrogen and oxygen atoms in total. The predicted octanol–water partition coefficient (Wildman–Crippen LogP) is 3.96. The second-order valence-electron chi connectivity index (χ2n) is 4.70. The maximum atomic E-state index is 11.5. The largest absolute Gasteiger partial charge is 0.383 e. The van der Waals surface area contributed by atoms with E-state index in [0.717, 1.165) is 0 Å². The number of anilines is 3.